The summed E-state index contributed by atoms with van der Waals surface area (Å²) in [6.07, 6.45) is 7.22. The number of carbonyl (C=O) groups is 2. The molecule has 2 heterocycles. The summed E-state index contributed by atoms with van der Waals surface area (Å²) in [7, 11) is 3.61. The van der Waals surface area contributed by atoms with E-state index in [1.165, 1.54) is 16.7 Å². The average molecular weight is 501 g/mol. The molecule has 1 amide bonds. The zero-order valence-corrected chi connectivity index (χ0v) is 22.2. The Hall–Kier alpha value is -3.12. The van der Waals surface area contributed by atoms with Gasteiger partial charge in [0.05, 0.1) is 19.7 Å². The molecule has 0 radical (unpaired) electrons. The van der Waals surface area contributed by atoms with E-state index < -0.39 is 0 Å². The van der Waals surface area contributed by atoms with Crippen molar-refractivity contribution in [2.24, 2.45) is 5.92 Å². The number of aryl methyl sites for hydroxylation is 1. The number of benzene rings is 2. The molecule has 0 unspecified atom stereocenters. The fourth-order valence-electron chi connectivity index (χ4n) is 7.85. The Kier molecular flexibility index (Phi) is 5.90. The van der Waals surface area contributed by atoms with E-state index in [1.54, 1.807) is 20.1 Å². The minimum atomic E-state index is -0.160. The first-order chi connectivity index (χ1) is 17.8. The molecule has 2 aliphatic carbocycles. The van der Waals surface area contributed by atoms with Gasteiger partial charge in [-0.25, -0.2) is 0 Å². The van der Waals surface area contributed by atoms with E-state index in [2.05, 4.69) is 30.0 Å². The first-order valence-corrected chi connectivity index (χ1v) is 13.5. The number of methoxy groups -OCH3 is 1. The highest BCUT2D eigenvalue weighted by atomic mass is 16.5. The second-order valence-electron chi connectivity index (χ2n) is 11.4. The first-order valence-electron chi connectivity index (χ1n) is 13.5. The van der Waals surface area contributed by atoms with Crippen molar-refractivity contribution in [3.05, 3.63) is 64.7 Å². The van der Waals surface area contributed by atoms with Crippen molar-refractivity contribution >= 4 is 17.8 Å². The largest absolute Gasteiger partial charge is 0.493 e. The van der Waals surface area contributed by atoms with E-state index in [-0.39, 0.29) is 29.3 Å². The molecule has 1 saturated heterocycles. The van der Waals surface area contributed by atoms with Gasteiger partial charge in [0, 0.05) is 30.1 Å². The molecule has 6 nitrogen and oxygen atoms in total. The Bertz CT molecular complexity index is 1290. The van der Waals surface area contributed by atoms with Gasteiger partial charge >= 0.3 is 0 Å². The molecule has 0 aromatic heterocycles. The normalized spacial score (nSPS) is 29.5. The smallest absolute Gasteiger partial charge is 0.246 e. The van der Waals surface area contributed by atoms with E-state index in [0.717, 1.165) is 49.3 Å². The van der Waals surface area contributed by atoms with Crippen molar-refractivity contribution in [1.29, 1.82) is 0 Å². The van der Waals surface area contributed by atoms with E-state index >= 15 is 0 Å². The summed E-state index contributed by atoms with van der Waals surface area (Å²) in [5.41, 5.74) is 4.65. The predicted octanol–water partition coefficient (Wildman–Crippen LogP) is 4.17. The highest BCUT2D eigenvalue weighted by Gasteiger charge is 2.66. The van der Waals surface area contributed by atoms with Crippen LogP contribution in [-0.4, -0.2) is 66.9 Å². The lowest BCUT2D eigenvalue weighted by molar-refractivity contribution is -0.136. The van der Waals surface area contributed by atoms with Crippen molar-refractivity contribution in [3.8, 4) is 11.5 Å². The van der Waals surface area contributed by atoms with Crippen LogP contribution in [0.2, 0.25) is 0 Å². The second-order valence-corrected chi connectivity index (χ2v) is 11.4. The Morgan fingerprint density at radius 2 is 2.08 bits per heavy atom. The molecule has 2 aromatic carbocycles. The molecule has 6 heteroatoms. The minimum absolute atomic E-state index is 0.00512. The maximum absolute atomic E-state index is 13.4. The fourth-order valence-corrected chi connectivity index (χ4v) is 7.85. The van der Waals surface area contributed by atoms with Crippen molar-refractivity contribution < 1.29 is 19.1 Å². The second kappa shape index (κ2) is 9.02. The van der Waals surface area contributed by atoms with Crippen molar-refractivity contribution in [2.75, 3.05) is 27.2 Å². The molecule has 1 spiro atoms. The summed E-state index contributed by atoms with van der Waals surface area (Å²) in [4.78, 5) is 29.8. The summed E-state index contributed by atoms with van der Waals surface area (Å²) >= 11 is 0. The van der Waals surface area contributed by atoms with E-state index in [0.29, 0.717) is 18.5 Å². The quantitative estimate of drug-likeness (QED) is 0.557. The first kappa shape index (κ1) is 24.2. The summed E-state index contributed by atoms with van der Waals surface area (Å²) in [5.74, 6) is 2.26. The van der Waals surface area contributed by atoms with Gasteiger partial charge in [-0.3, -0.25) is 14.5 Å². The molecule has 4 aliphatic rings. The molecular weight excluding hydrogens is 464 g/mol. The monoisotopic (exact) mass is 500 g/mol. The van der Waals surface area contributed by atoms with Gasteiger partial charge in [0.25, 0.3) is 0 Å². The van der Waals surface area contributed by atoms with Crippen LogP contribution in [0.4, 0.5) is 0 Å². The predicted molar refractivity (Wildman–Crippen MR) is 143 cm³/mol. The van der Waals surface area contributed by atoms with Crippen LogP contribution < -0.4 is 9.47 Å². The van der Waals surface area contributed by atoms with Gasteiger partial charge in [-0.2, -0.15) is 0 Å². The van der Waals surface area contributed by atoms with Gasteiger partial charge in [-0.1, -0.05) is 35.9 Å². The highest BCUT2D eigenvalue weighted by Crippen LogP contribution is 2.64. The molecule has 0 N–H and O–H groups in total. The summed E-state index contributed by atoms with van der Waals surface area (Å²) in [6, 6.07) is 12.7. The van der Waals surface area contributed by atoms with E-state index in [9.17, 15) is 9.59 Å². The van der Waals surface area contributed by atoms with Gasteiger partial charge in [-0.05, 0) is 75.3 Å². The lowest BCUT2D eigenvalue weighted by atomic mass is 9.51. The number of rotatable bonds is 6. The van der Waals surface area contributed by atoms with E-state index in [1.807, 2.05) is 36.2 Å². The minimum Gasteiger partial charge on any atom is -0.493 e. The third-order valence-corrected chi connectivity index (χ3v) is 9.34. The molecule has 1 saturated carbocycles. The molecule has 2 bridgehead atoms. The number of hydrogen-bond acceptors (Lipinski definition) is 5. The number of likely N-dealkylation sites (N-methyl/N-ethyl adjacent to an activating group) is 1. The van der Waals surface area contributed by atoms with Gasteiger partial charge in [0.2, 0.25) is 5.91 Å². The number of ether oxygens (including phenoxy) is 2. The molecule has 2 fully saturated rings. The summed E-state index contributed by atoms with van der Waals surface area (Å²) in [5, 5.41) is 0. The molecular formula is C31H36N2O4. The number of carbonyl (C=O) groups excluding carboxylic acids is 2. The van der Waals surface area contributed by atoms with Gasteiger partial charge in [0.15, 0.2) is 11.5 Å². The van der Waals surface area contributed by atoms with Crippen molar-refractivity contribution in [1.82, 2.24) is 9.80 Å². The Morgan fingerprint density at radius 1 is 1.24 bits per heavy atom. The SMILES string of the molecule is COc1ccc2c3c1O[C@H]1[C@@H](N(C)C(=O)C=Cc4cccc(C)c4)CC[C@H]4[C@@H](C2)N(CC(C)=O)CC[C@@]341. The van der Waals surface area contributed by atoms with Crippen molar-refractivity contribution in [3.63, 3.8) is 0 Å². The number of nitrogens with zero attached hydrogens (tertiary/aromatic N) is 2. The van der Waals surface area contributed by atoms with Crippen LogP contribution >= 0.6 is 0 Å². The maximum atomic E-state index is 13.4. The average Bonchev–Trinajstić information content (AvgIpc) is 3.23. The van der Waals surface area contributed by atoms with Crippen LogP contribution in [0, 0.1) is 12.8 Å². The van der Waals surface area contributed by atoms with Crippen LogP contribution in [0.25, 0.3) is 6.08 Å². The van der Waals surface area contributed by atoms with Gasteiger partial charge in [0.1, 0.15) is 11.9 Å². The van der Waals surface area contributed by atoms with Crippen LogP contribution in [0.3, 0.4) is 0 Å². The van der Waals surface area contributed by atoms with Gasteiger partial charge < -0.3 is 14.4 Å². The molecule has 6 rings (SSSR count). The van der Waals surface area contributed by atoms with Crippen LogP contribution in [0.1, 0.15) is 48.4 Å². The fraction of sp³-hybridized carbons (Fsp3) is 0.484. The molecule has 2 aliphatic heterocycles. The van der Waals surface area contributed by atoms with E-state index in [4.69, 9.17) is 9.47 Å². The standard InChI is InChI=1S/C31H36N2O4/c1-19-6-5-7-21(16-19)8-13-27(35)32(3)24-11-10-23-25-17-22-9-12-26(36-4)29-28(22)31(23,30(24)37-29)14-15-33(25)18-20(2)34/h5-9,12-13,16,23-25,30H,10-11,14-15,17-18H2,1-4H3/t23-,24-,25+,30-,31-/m0/s1. The number of likely N-dealkylation sites (tertiary alicyclic amines) is 1. The summed E-state index contributed by atoms with van der Waals surface area (Å²) < 4.78 is 12.6. The zero-order valence-electron chi connectivity index (χ0n) is 22.2. The zero-order chi connectivity index (χ0) is 25.9. The Balaban J connectivity index is 1.35. The number of Topliss-reactive ketones (excluding diaryl/α,β-unsaturated/α-hetero) is 1. The molecule has 2 aromatic rings. The Labute approximate surface area is 219 Å². The third kappa shape index (κ3) is 3.71. The Morgan fingerprint density at radius 3 is 2.84 bits per heavy atom. The number of hydrogen-bond donors (Lipinski definition) is 0. The molecule has 37 heavy (non-hydrogen) atoms. The third-order valence-electron chi connectivity index (χ3n) is 9.34. The summed E-state index contributed by atoms with van der Waals surface area (Å²) in [6.45, 7) is 5.12. The lowest BCUT2D eigenvalue weighted by Gasteiger charge is -2.60. The lowest BCUT2D eigenvalue weighted by Crippen LogP contribution is -2.69. The number of amides is 1. The highest BCUT2D eigenvalue weighted by molar-refractivity contribution is 5.92. The van der Waals surface area contributed by atoms with Gasteiger partial charge in [-0.15, -0.1) is 0 Å². The maximum Gasteiger partial charge on any atom is 0.246 e. The number of piperidine rings is 1. The molecule has 194 valence electrons. The topological polar surface area (TPSA) is 59.1 Å². The number of ketones is 1. The van der Waals surface area contributed by atoms with Crippen LogP contribution in [-0.2, 0) is 21.4 Å². The van der Waals surface area contributed by atoms with Crippen LogP contribution in [0.15, 0.2) is 42.5 Å². The van der Waals surface area contributed by atoms with Crippen molar-refractivity contribution in [2.45, 2.75) is 63.1 Å². The van der Waals surface area contributed by atoms with Crippen LogP contribution in [0.5, 0.6) is 11.5 Å². The molecule has 5 atom stereocenters.